The van der Waals surface area contributed by atoms with Gasteiger partial charge in [-0.15, -0.1) is 0 Å². The lowest BCUT2D eigenvalue weighted by Gasteiger charge is -2.13. The van der Waals surface area contributed by atoms with E-state index in [9.17, 15) is 5.11 Å². The predicted octanol–water partition coefficient (Wildman–Crippen LogP) is 2.04. The van der Waals surface area contributed by atoms with Crippen molar-refractivity contribution in [2.24, 2.45) is 5.92 Å². The van der Waals surface area contributed by atoms with E-state index in [0.29, 0.717) is 29.3 Å². The number of hydrogen-bond donors (Lipinski definition) is 3. The zero-order valence-corrected chi connectivity index (χ0v) is 11.2. The van der Waals surface area contributed by atoms with Gasteiger partial charge in [0.15, 0.2) is 5.82 Å². The van der Waals surface area contributed by atoms with Crippen molar-refractivity contribution in [2.45, 2.75) is 25.8 Å². The average Bonchev–Trinajstić information content (AvgIpc) is 3.22. The molecule has 6 heteroatoms. The molecule has 0 aliphatic heterocycles. The summed E-state index contributed by atoms with van der Waals surface area (Å²) in [7, 11) is 0. The van der Waals surface area contributed by atoms with Gasteiger partial charge in [0.1, 0.15) is 5.75 Å². The number of rotatable bonds is 4. The molecule has 0 saturated heterocycles. The van der Waals surface area contributed by atoms with Gasteiger partial charge < -0.3 is 16.2 Å². The number of nitrogens with two attached hydrogens (primary N) is 1. The minimum absolute atomic E-state index is 0.169. The molecule has 0 unspecified atom stereocenters. The summed E-state index contributed by atoms with van der Waals surface area (Å²) in [5.41, 5.74) is 6.45. The Kier molecular flexibility index (Phi) is 3.14. The highest BCUT2D eigenvalue weighted by molar-refractivity contribution is 5.59. The number of nitrogens with one attached hydrogen (secondary N) is 1. The fraction of sp³-hybridized carbons (Fsp3) is 0.357. The number of phenolic OH excluding ortho intramolecular Hbond substituents is 1. The molecule has 104 valence electrons. The third-order valence-corrected chi connectivity index (χ3v) is 3.44. The Morgan fingerprint density at radius 2 is 2.10 bits per heavy atom. The Labute approximate surface area is 117 Å². The summed E-state index contributed by atoms with van der Waals surface area (Å²) >= 11 is 0. The third-order valence-electron chi connectivity index (χ3n) is 3.44. The van der Waals surface area contributed by atoms with Gasteiger partial charge in [-0.25, -0.2) is 0 Å². The number of aromatic nitrogens is 3. The fourth-order valence-corrected chi connectivity index (χ4v) is 2.15. The summed E-state index contributed by atoms with van der Waals surface area (Å²) in [6, 6.07) is 7.09. The number of anilines is 2. The van der Waals surface area contributed by atoms with Crippen LogP contribution in [0.25, 0.3) is 11.4 Å². The largest absolute Gasteiger partial charge is 0.508 e. The topological polar surface area (TPSA) is 97.0 Å². The molecule has 1 aliphatic carbocycles. The van der Waals surface area contributed by atoms with Gasteiger partial charge in [0, 0.05) is 11.6 Å². The van der Waals surface area contributed by atoms with Gasteiger partial charge in [-0.05, 0) is 37.8 Å². The van der Waals surface area contributed by atoms with Crippen LogP contribution >= 0.6 is 0 Å². The molecule has 1 aliphatic rings. The highest BCUT2D eigenvalue weighted by Crippen LogP contribution is 2.33. The zero-order chi connectivity index (χ0) is 14.1. The van der Waals surface area contributed by atoms with Gasteiger partial charge in [-0.1, -0.05) is 12.1 Å². The zero-order valence-electron chi connectivity index (χ0n) is 11.2. The second-order valence-electron chi connectivity index (χ2n) is 5.16. The van der Waals surface area contributed by atoms with Gasteiger partial charge in [0.05, 0.1) is 0 Å². The van der Waals surface area contributed by atoms with Crippen LogP contribution < -0.4 is 11.1 Å². The van der Waals surface area contributed by atoms with Gasteiger partial charge in [0.25, 0.3) is 0 Å². The lowest BCUT2D eigenvalue weighted by Crippen LogP contribution is -2.20. The van der Waals surface area contributed by atoms with Crippen LogP contribution in [0, 0.1) is 5.92 Å². The molecule has 1 saturated carbocycles. The van der Waals surface area contributed by atoms with E-state index in [1.165, 1.54) is 12.8 Å². The van der Waals surface area contributed by atoms with E-state index in [0.717, 1.165) is 0 Å². The SMILES string of the molecule is C[C@@H](Nc1nc(N)nc(-c2cccc(O)c2)n1)C1CC1. The van der Waals surface area contributed by atoms with Crippen molar-refractivity contribution in [3.05, 3.63) is 24.3 Å². The van der Waals surface area contributed by atoms with Crippen molar-refractivity contribution in [1.29, 1.82) is 0 Å². The molecule has 2 aromatic rings. The number of nitrogen functional groups attached to an aromatic ring is 1. The normalized spacial score (nSPS) is 15.8. The molecule has 1 aromatic carbocycles. The van der Waals surface area contributed by atoms with Gasteiger partial charge >= 0.3 is 0 Å². The highest BCUT2D eigenvalue weighted by Gasteiger charge is 2.28. The Morgan fingerprint density at radius 3 is 2.80 bits per heavy atom. The van der Waals surface area contributed by atoms with Crippen LogP contribution in [-0.2, 0) is 0 Å². The van der Waals surface area contributed by atoms with E-state index in [-0.39, 0.29) is 11.7 Å². The molecular weight excluding hydrogens is 254 g/mol. The van der Waals surface area contributed by atoms with Crippen LogP contribution in [0.1, 0.15) is 19.8 Å². The van der Waals surface area contributed by atoms with Crippen molar-refractivity contribution in [3.8, 4) is 17.1 Å². The Hall–Kier alpha value is -2.37. The lowest BCUT2D eigenvalue weighted by atomic mass is 10.2. The first-order valence-corrected chi connectivity index (χ1v) is 6.69. The summed E-state index contributed by atoms with van der Waals surface area (Å²) in [5.74, 6) is 1.97. The van der Waals surface area contributed by atoms with Gasteiger partial charge in [-0.2, -0.15) is 15.0 Å². The Bertz CT molecular complexity index is 627. The van der Waals surface area contributed by atoms with Crippen LogP contribution in [0.15, 0.2) is 24.3 Å². The van der Waals surface area contributed by atoms with Crippen molar-refractivity contribution < 1.29 is 5.11 Å². The molecule has 3 rings (SSSR count). The van der Waals surface area contributed by atoms with Gasteiger partial charge in [-0.3, -0.25) is 0 Å². The molecule has 1 heterocycles. The number of hydrogen-bond acceptors (Lipinski definition) is 6. The second kappa shape index (κ2) is 4.96. The molecule has 0 radical (unpaired) electrons. The summed E-state index contributed by atoms with van der Waals surface area (Å²) in [6.07, 6.45) is 2.49. The van der Waals surface area contributed by atoms with Crippen molar-refractivity contribution in [3.63, 3.8) is 0 Å². The molecule has 0 bridgehead atoms. The minimum Gasteiger partial charge on any atom is -0.508 e. The molecular formula is C14H17N5O. The summed E-state index contributed by atoms with van der Waals surface area (Å²) < 4.78 is 0. The monoisotopic (exact) mass is 271 g/mol. The summed E-state index contributed by atoms with van der Waals surface area (Å²) in [5, 5.41) is 12.8. The molecule has 0 spiro atoms. The van der Waals surface area contributed by atoms with E-state index in [2.05, 4.69) is 27.2 Å². The van der Waals surface area contributed by atoms with Crippen LogP contribution in [0.4, 0.5) is 11.9 Å². The smallest absolute Gasteiger partial charge is 0.228 e. The molecule has 1 fully saturated rings. The van der Waals surface area contributed by atoms with E-state index in [1.54, 1.807) is 18.2 Å². The van der Waals surface area contributed by atoms with Crippen molar-refractivity contribution in [1.82, 2.24) is 15.0 Å². The molecule has 20 heavy (non-hydrogen) atoms. The maximum Gasteiger partial charge on any atom is 0.228 e. The van der Waals surface area contributed by atoms with Crippen molar-refractivity contribution in [2.75, 3.05) is 11.1 Å². The van der Waals surface area contributed by atoms with Gasteiger partial charge in [0.2, 0.25) is 11.9 Å². The van der Waals surface area contributed by atoms with Crippen LogP contribution in [0.2, 0.25) is 0 Å². The minimum atomic E-state index is 0.169. The standard InChI is InChI=1S/C14H17N5O/c1-8(9-5-6-9)16-14-18-12(17-13(15)19-14)10-3-2-4-11(20)7-10/h2-4,7-9,20H,5-6H2,1H3,(H3,15,16,17,18,19)/t8-/m1/s1. The highest BCUT2D eigenvalue weighted by atomic mass is 16.3. The first kappa shape index (κ1) is 12.7. The number of phenols is 1. The third kappa shape index (κ3) is 2.79. The average molecular weight is 271 g/mol. The predicted molar refractivity (Wildman–Crippen MR) is 77.1 cm³/mol. The van der Waals surface area contributed by atoms with E-state index in [1.807, 2.05) is 6.07 Å². The first-order valence-electron chi connectivity index (χ1n) is 6.69. The maximum absolute atomic E-state index is 9.52. The summed E-state index contributed by atoms with van der Waals surface area (Å²) in [6.45, 7) is 2.12. The van der Waals surface area contributed by atoms with E-state index in [4.69, 9.17) is 5.73 Å². The summed E-state index contributed by atoms with van der Waals surface area (Å²) in [4.78, 5) is 12.6. The molecule has 1 atom stereocenters. The second-order valence-corrected chi connectivity index (χ2v) is 5.16. The van der Waals surface area contributed by atoms with Crippen LogP contribution in [0.5, 0.6) is 5.75 Å². The molecule has 4 N–H and O–H groups in total. The van der Waals surface area contributed by atoms with Crippen LogP contribution in [-0.4, -0.2) is 26.1 Å². The molecule has 0 amide bonds. The van der Waals surface area contributed by atoms with E-state index >= 15 is 0 Å². The number of nitrogens with zero attached hydrogens (tertiary/aromatic N) is 3. The fourth-order valence-electron chi connectivity index (χ4n) is 2.15. The maximum atomic E-state index is 9.52. The van der Waals surface area contributed by atoms with Crippen LogP contribution in [0.3, 0.4) is 0 Å². The lowest BCUT2D eigenvalue weighted by molar-refractivity contribution is 0.475. The van der Waals surface area contributed by atoms with Crippen molar-refractivity contribution >= 4 is 11.9 Å². The quantitative estimate of drug-likeness (QED) is 0.787. The number of aromatic hydroxyl groups is 1. The Morgan fingerprint density at radius 1 is 1.30 bits per heavy atom. The number of benzene rings is 1. The molecule has 1 aromatic heterocycles. The Balaban J connectivity index is 1.89. The molecule has 6 nitrogen and oxygen atoms in total. The van der Waals surface area contributed by atoms with E-state index < -0.39 is 0 Å². The first-order chi connectivity index (χ1) is 9.61.